The Morgan fingerprint density at radius 3 is 2.19 bits per heavy atom. The number of pyridine rings is 1. The fourth-order valence-electron chi connectivity index (χ4n) is 4.61. The number of para-hydroxylation sites is 1. The maximum absolute atomic E-state index is 13.8. The SMILES string of the molecule is C=C(C)c1cccc(-c2cccc(-n3ncc(C(=O)O)c3C(F)(F)F)n2)c1OCc1ccc(-c2ccc(OC)cc2)cc1. The third-order valence-corrected chi connectivity index (χ3v) is 6.73. The number of carbonyl (C=O) groups is 1. The number of nitrogens with zero attached hydrogens (tertiary/aromatic N) is 3. The molecule has 43 heavy (non-hydrogen) atoms. The molecule has 0 spiro atoms. The first-order valence-corrected chi connectivity index (χ1v) is 13.1. The molecule has 0 aliphatic rings. The standard InChI is InChI=1S/C33H26F3N3O4/c1-20(2)25-6-4-7-26(28-8-5-9-29(38-28)39-31(33(34,35)36)27(18-37-39)32(40)41)30(25)43-19-21-10-12-22(13-11-21)23-14-16-24(42-3)17-15-23/h4-18H,1,19H2,2-3H3,(H,40,41). The minimum atomic E-state index is -4.97. The van der Waals surface area contributed by atoms with Gasteiger partial charge in [0.15, 0.2) is 11.5 Å². The largest absolute Gasteiger partial charge is 0.497 e. The number of carboxylic acid groups (broad SMARTS) is 1. The van der Waals surface area contributed by atoms with E-state index in [0.717, 1.165) is 28.0 Å². The number of ether oxygens (including phenoxy) is 2. The van der Waals surface area contributed by atoms with Gasteiger partial charge in [0.2, 0.25) is 0 Å². The van der Waals surface area contributed by atoms with Crippen LogP contribution >= 0.6 is 0 Å². The fourth-order valence-corrected chi connectivity index (χ4v) is 4.61. The molecule has 0 aliphatic carbocycles. The highest BCUT2D eigenvalue weighted by Gasteiger charge is 2.41. The number of aromatic nitrogens is 3. The monoisotopic (exact) mass is 585 g/mol. The number of aromatic carboxylic acids is 1. The summed E-state index contributed by atoms with van der Waals surface area (Å²) in [5.41, 5.74) is 2.84. The number of hydrogen-bond acceptors (Lipinski definition) is 5. The lowest BCUT2D eigenvalue weighted by atomic mass is 10.0. The van der Waals surface area contributed by atoms with Gasteiger partial charge in [-0.25, -0.2) is 14.5 Å². The van der Waals surface area contributed by atoms with E-state index in [1.807, 2.05) is 61.5 Å². The van der Waals surface area contributed by atoms with Crippen LogP contribution < -0.4 is 9.47 Å². The summed E-state index contributed by atoms with van der Waals surface area (Å²) in [7, 11) is 1.62. The van der Waals surface area contributed by atoms with Gasteiger partial charge >= 0.3 is 12.1 Å². The minimum Gasteiger partial charge on any atom is -0.497 e. The van der Waals surface area contributed by atoms with Gasteiger partial charge in [0.1, 0.15) is 23.7 Å². The van der Waals surface area contributed by atoms with E-state index < -0.39 is 23.4 Å². The Kier molecular flexibility index (Phi) is 8.03. The Hall–Kier alpha value is -5.38. The van der Waals surface area contributed by atoms with Gasteiger partial charge in [0.05, 0.1) is 19.0 Å². The van der Waals surface area contributed by atoms with Gasteiger partial charge < -0.3 is 14.6 Å². The van der Waals surface area contributed by atoms with E-state index in [9.17, 15) is 23.1 Å². The molecular formula is C33H26F3N3O4. The molecular weight excluding hydrogens is 559 g/mol. The molecule has 0 aliphatic heterocycles. The normalized spacial score (nSPS) is 11.3. The molecule has 0 radical (unpaired) electrons. The van der Waals surface area contributed by atoms with E-state index in [2.05, 4.69) is 16.7 Å². The van der Waals surface area contributed by atoms with Gasteiger partial charge in [-0.1, -0.05) is 61.2 Å². The molecule has 3 aromatic carbocycles. The Labute approximate surface area is 245 Å². The quantitative estimate of drug-likeness (QED) is 0.189. The summed E-state index contributed by atoms with van der Waals surface area (Å²) in [6, 6.07) is 25.5. The number of benzene rings is 3. The second-order valence-electron chi connectivity index (χ2n) is 9.68. The van der Waals surface area contributed by atoms with Crippen molar-refractivity contribution in [1.82, 2.24) is 14.8 Å². The van der Waals surface area contributed by atoms with Gasteiger partial charge in [-0.15, -0.1) is 0 Å². The first-order chi connectivity index (χ1) is 20.6. The van der Waals surface area contributed by atoms with Crippen molar-refractivity contribution in [2.24, 2.45) is 0 Å². The summed E-state index contributed by atoms with van der Waals surface area (Å²) in [5.74, 6) is -0.701. The highest BCUT2D eigenvalue weighted by molar-refractivity contribution is 5.89. The maximum Gasteiger partial charge on any atom is 0.434 e. The molecule has 10 heteroatoms. The Bertz CT molecular complexity index is 1790. The van der Waals surface area contributed by atoms with Gasteiger partial charge in [-0.05, 0) is 59.5 Å². The van der Waals surface area contributed by atoms with Crippen molar-refractivity contribution in [3.8, 4) is 39.7 Å². The van der Waals surface area contributed by atoms with Crippen LogP contribution in [-0.4, -0.2) is 33.0 Å². The van der Waals surface area contributed by atoms with E-state index in [1.165, 1.54) is 12.1 Å². The number of halogens is 3. The van der Waals surface area contributed by atoms with Crippen molar-refractivity contribution in [3.05, 3.63) is 120 Å². The number of alkyl halides is 3. The molecule has 2 heterocycles. The van der Waals surface area contributed by atoms with Crippen LogP contribution in [-0.2, 0) is 12.8 Å². The van der Waals surface area contributed by atoms with Crippen LogP contribution in [0.3, 0.4) is 0 Å². The third kappa shape index (κ3) is 6.13. The van der Waals surface area contributed by atoms with Crippen molar-refractivity contribution in [2.75, 3.05) is 7.11 Å². The zero-order chi connectivity index (χ0) is 30.7. The first kappa shape index (κ1) is 29.1. The molecule has 5 rings (SSSR count). The Balaban J connectivity index is 1.47. The van der Waals surface area contributed by atoms with Crippen molar-refractivity contribution in [2.45, 2.75) is 19.7 Å². The fraction of sp³-hybridized carbons (Fsp3) is 0.121. The average Bonchev–Trinajstić information content (AvgIpc) is 3.47. The summed E-state index contributed by atoms with van der Waals surface area (Å²) in [4.78, 5) is 15.9. The van der Waals surface area contributed by atoms with E-state index in [1.54, 1.807) is 25.3 Å². The number of rotatable bonds is 9. The molecule has 1 N–H and O–H groups in total. The average molecular weight is 586 g/mol. The zero-order valence-corrected chi connectivity index (χ0v) is 23.2. The number of carboxylic acids is 1. The van der Waals surface area contributed by atoms with Crippen molar-refractivity contribution >= 4 is 11.5 Å². The maximum atomic E-state index is 13.8. The molecule has 2 aromatic heterocycles. The summed E-state index contributed by atoms with van der Waals surface area (Å²) in [6.45, 7) is 6.09. The number of allylic oxidation sites excluding steroid dienone is 1. The lowest BCUT2D eigenvalue weighted by molar-refractivity contribution is -0.143. The van der Waals surface area contributed by atoms with Crippen LogP contribution in [0.5, 0.6) is 11.5 Å². The highest BCUT2D eigenvalue weighted by Crippen LogP contribution is 2.38. The predicted octanol–water partition coefficient (Wildman–Crippen LogP) is 7.94. The lowest BCUT2D eigenvalue weighted by Gasteiger charge is -2.17. The first-order valence-electron chi connectivity index (χ1n) is 13.1. The smallest absolute Gasteiger partial charge is 0.434 e. The predicted molar refractivity (Wildman–Crippen MR) is 156 cm³/mol. The molecule has 0 atom stereocenters. The molecule has 218 valence electrons. The summed E-state index contributed by atoms with van der Waals surface area (Å²) in [5, 5.41) is 13.0. The van der Waals surface area contributed by atoms with Crippen LogP contribution in [0.2, 0.25) is 0 Å². The van der Waals surface area contributed by atoms with Gasteiger partial charge in [0, 0.05) is 11.1 Å². The van der Waals surface area contributed by atoms with Crippen molar-refractivity contribution in [3.63, 3.8) is 0 Å². The summed E-state index contributed by atoms with van der Waals surface area (Å²) in [6.07, 6.45) is -4.31. The van der Waals surface area contributed by atoms with Crippen molar-refractivity contribution in [1.29, 1.82) is 0 Å². The van der Waals surface area contributed by atoms with Crippen molar-refractivity contribution < 1.29 is 32.5 Å². The Morgan fingerprint density at radius 1 is 0.930 bits per heavy atom. The Morgan fingerprint density at radius 2 is 1.58 bits per heavy atom. The van der Waals surface area contributed by atoms with Gasteiger partial charge in [0.25, 0.3) is 0 Å². The second kappa shape index (κ2) is 11.8. The number of hydrogen-bond donors (Lipinski definition) is 1. The highest BCUT2D eigenvalue weighted by atomic mass is 19.4. The molecule has 0 saturated heterocycles. The van der Waals surface area contributed by atoms with Crippen LogP contribution in [0.25, 0.3) is 33.8 Å². The van der Waals surface area contributed by atoms with Gasteiger partial charge in [-0.3, -0.25) is 0 Å². The van der Waals surface area contributed by atoms with Crippen LogP contribution in [0.4, 0.5) is 13.2 Å². The second-order valence-corrected chi connectivity index (χ2v) is 9.68. The van der Waals surface area contributed by atoms with E-state index >= 15 is 0 Å². The molecule has 0 unspecified atom stereocenters. The number of methoxy groups -OCH3 is 1. The molecule has 0 amide bonds. The lowest BCUT2D eigenvalue weighted by Crippen LogP contribution is -2.18. The van der Waals surface area contributed by atoms with Crippen LogP contribution in [0, 0.1) is 0 Å². The van der Waals surface area contributed by atoms with Crippen LogP contribution in [0.1, 0.15) is 34.1 Å². The van der Waals surface area contributed by atoms with E-state index in [-0.39, 0.29) is 12.4 Å². The molecule has 7 nitrogen and oxygen atoms in total. The molecule has 0 bridgehead atoms. The molecule has 0 saturated carbocycles. The van der Waals surface area contributed by atoms with Crippen LogP contribution in [0.15, 0.2) is 97.7 Å². The summed E-state index contributed by atoms with van der Waals surface area (Å²) < 4.78 is 53.6. The molecule has 5 aromatic rings. The summed E-state index contributed by atoms with van der Waals surface area (Å²) >= 11 is 0. The minimum absolute atomic E-state index is 0.196. The topological polar surface area (TPSA) is 86.5 Å². The zero-order valence-electron chi connectivity index (χ0n) is 23.2. The molecule has 0 fully saturated rings. The van der Waals surface area contributed by atoms with E-state index in [0.29, 0.717) is 33.4 Å². The van der Waals surface area contributed by atoms with Gasteiger partial charge in [-0.2, -0.15) is 18.3 Å². The third-order valence-electron chi connectivity index (χ3n) is 6.73. The van der Waals surface area contributed by atoms with E-state index in [4.69, 9.17) is 9.47 Å².